The number of aromatic nitrogens is 2. The van der Waals surface area contributed by atoms with E-state index in [0.29, 0.717) is 12.2 Å². The summed E-state index contributed by atoms with van der Waals surface area (Å²) in [5.74, 6) is -0.194. The summed E-state index contributed by atoms with van der Waals surface area (Å²) < 4.78 is 0. The Labute approximate surface area is 134 Å². The third-order valence-corrected chi connectivity index (χ3v) is 4.51. The Morgan fingerprint density at radius 1 is 1.48 bits per heavy atom. The first-order chi connectivity index (χ1) is 9.58. The average molecular weight is 329 g/mol. The lowest BCUT2D eigenvalue weighted by Gasteiger charge is -2.26. The second-order valence-corrected chi connectivity index (χ2v) is 5.84. The highest BCUT2D eigenvalue weighted by Gasteiger charge is 2.22. The molecule has 2 heterocycles. The number of rotatable bonds is 6. The van der Waals surface area contributed by atoms with Crippen LogP contribution in [-0.2, 0) is 0 Å². The molecule has 0 unspecified atom stereocenters. The number of hydrogen-bond acceptors (Lipinski definition) is 4. The summed E-state index contributed by atoms with van der Waals surface area (Å²) >= 11 is 1.60. The number of aromatic amines is 1. The van der Waals surface area contributed by atoms with E-state index < -0.39 is 0 Å². The fourth-order valence-electron chi connectivity index (χ4n) is 1.84. The highest BCUT2D eigenvalue weighted by atomic mass is 35.5. The lowest BCUT2D eigenvalue weighted by Crippen LogP contribution is -2.49. The SMILES string of the molecule is CCC(N)(CC)CNC(=O)c1cc(-c2cccs2)[nH]n1.Cl. The first kappa shape index (κ1) is 17.7. The molecular formula is C14H21ClN4OS. The number of carbonyl (C=O) groups is 1. The predicted octanol–water partition coefficient (Wildman–Crippen LogP) is 2.81. The van der Waals surface area contributed by atoms with Crippen LogP contribution in [0.4, 0.5) is 0 Å². The third kappa shape index (κ3) is 4.30. The molecule has 2 rings (SSSR count). The molecule has 2 aromatic rings. The van der Waals surface area contributed by atoms with E-state index in [9.17, 15) is 4.79 Å². The van der Waals surface area contributed by atoms with Crippen LogP contribution in [0.5, 0.6) is 0 Å². The van der Waals surface area contributed by atoms with E-state index in [4.69, 9.17) is 5.73 Å². The van der Waals surface area contributed by atoms with Gasteiger partial charge in [-0.25, -0.2) is 0 Å². The van der Waals surface area contributed by atoms with E-state index in [1.807, 2.05) is 31.4 Å². The summed E-state index contributed by atoms with van der Waals surface area (Å²) in [6.07, 6.45) is 1.65. The molecule has 0 saturated heterocycles. The van der Waals surface area contributed by atoms with Gasteiger partial charge in [-0.3, -0.25) is 9.89 Å². The Morgan fingerprint density at radius 3 is 2.76 bits per heavy atom. The lowest BCUT2D eigenvalue weighted by molar-refractivity contribution is 0.0937. The molecule has 7 heteroatoms. The minimum atomic E-state index is -0.345. The first-order valence-electron chi connectivity index (χ1n) is 6.74. The minimum absolute atomic E-state index is 0. The fourth-order valence-corrected chi connectivity index (χ4v) is 2.54. The summed E-state index contributed by atoms with van der Waals surface area (Å²) in [6, 6.07) is 5.71. The van der Waals surface area contributed by atoms with Crippen LogP contribution in [-0.4, -0.2) is 28.2 Å². The van der Waals surface area contributed by atoms with Crippen molar-refractivity contribution in [3.05, 3.63) is 29.3 Å². The zero-order valence-electron chi connectivity index (χ0n) is 12.2. The Kier molecular flexibility index (Phi) is 6.39. The number of carbonyl (C=O) groups excluding carboxylic acids is 1. The summed E-state index contributed by atoms with van der Waals surface area (Å²) in [5.41, 5.74) is 7.07. The number of nitrogens with one attached hydrogen (secondary N) is 2. The normalized spacial score (nSPS) is 11.0. The summed E-state index contributed by atoms with van der Waals surface area (Å²) in [5, 5.41) is 11.8. The van der Waals surface area contributed by atoms with Gasteiger partial charge in [0.25, 0.3) is 5.91 Å². The number of nitrogens with zero attached hydrogens (tertiary/aromatic N) is 1. The lowest BCUT2D eigenvalue weighted by atomic mass is 9.94. The minimum Gasteiger partial charge on any atom is -0.349 e. The highest BCUT2D eigenvalue weighted by Crippen LogP contribution is 2.22. The number of halogens is 1. The van der Waals surface area contributed by atoms with Gasteiger partial charge < -0.3 is 11.1 Å². The largest absolute Gasteiger partial charge is 0.349 e. The average Bonchev–Trinajstić information content (AvgIpc) is 3.14. The van der Waals surface area contributed by atoms with Crippen LogP contribution in [0, 0.1) is 0 Å². The van der Waals surface area contributed by atoms with Gasteiger partial charge in [0.15, 0.2) is 5.69 Å². The van der Waals surface area contributed by atoms with E-state index in [1.54, 1.807) is 17.4 Å². The van der Waals surface area contributed by atoms with Crippen LogP contribution < -0.4 is 11.1 Å². The van der Waals surface area contributed by atoms with Crippen LogP contribution in [0.25, 0.3) is 10.6 Å². The van der Waals surface area contributed by atoms with E-state index in [0.717, 1.165) is 23.4 Å². The van der Waals surface area contributed by atoms with Crippen molar-refractivity contribution in [2.24, 2.45) is 5.73 Å². The van der Waals surface area contributed by atoms with Gasteiger partial charge in [-0.15, -0.1) is 23.7 Å². The Balaban J connectivity index is 0.00000220. The van der Waals surface area contributed by atoms with Crippen LogP contribution >= 0.6 is 23.7 Å². The van der Waals surface area contributed by atoms with Gasteiger partial charge in [-0.05, 0) is 30.4 Å². The van der Waals surface area contributed by atoms with Crippen LogP contribution in [0.1, 0.15) is 37.2 Å². The summed E-state index contributed by atoms with van der Waals surface area (Å²) in [4.78, 5) is 13.1. The Morgan fingerprint density at radius 2 is 2.19 bits per heavy atom. The molecule has 21 heavy (non-hydrogen) atoms. The van der Waals surface area contributed by atoms with Gasteiger partial charge in [0.1, 0.15) is 0 Å². The van der Waals surface area contributed by atoms with Gasteiger partial charge >= 0.3 is 0 Å². The maximum Gasteiger partial charge on any atom is 0.271 e. The van der Waals surface area contributed by atoms with E-state index in [2.05, 4.69) is 15.5 Å². The Hall–Kier alpha value is -1.37. The van der Waals surface area contributed by atoms with Crippen molar-refractivity contribution < 1.29 is 4.79 Å². The molecule has 1 amide bonds. The van der Waals surface area contributed by atoms with Crippen molar-refractivity contribution in [1.29, 1.82) is 0 Å². The maximum atomic E-state index is 12.1. The molecule has 0 saturated carbocycles. The molecule has 2 aromatic heterocycles. The third-order valence-electron chi connectivity index (χ3n) is 3.61. The number of amides is 1. The zero-order valence-corrected chi connectivity index (χ0v) is 13.8. The molecule has 0 fully saturated rings. The molecule has 0 aliphatic rings. The van der Waals surface area contributed by atoms with Crippen LogP contribution in [0.3, 0.4) is 0 Å². The molecule has 0 bridgehead atoms. The van der Waals surface area contributed by atoms with E-state index in [1.165, 1.54) is 0 Å². The molecular weight excluding hydrogens is 308 g/mol. The Bertz CT molecular complexity index is 563. The van der Waals surface area contributed by atoms with Crippen molar-refractivity contribution >= 4 is 29.7 Å². The molecule has 0 aromatic carbocycles. The van der Waals surface area contributed by atoms with Gasteiger partial charge in [-0.2, -0.15) is 5.10 Å². The maximum absolute atomic E-state index is 12.1. The second-order valence-electron chi connectivity index (χ2n) is 4.90. The van der Waals surface area contributed by atoms with Crippen molar-refractivity contribution in [3.8, 4) is 10.6 Å². The molecule has 0 radical (unpaired) electrons. The number of hydrogen-bond donors (Lipinski definition) is 3. The van der Waals surface area contributed by atoms with Gasteiger partial charge in [-0.1, -0.05) is 19.9 Å². The van der Waals surface area contributed by atoms with Gasteiger partial charge in [0, 0.05) is 12.1 Å². The van der Waals surface area contributed by atoms with Crippen molar-refractivity contribution in [3.63, 3.8) is 0 Å². The standard InChI is InChI=1S/C14H20N4OS.ClH/c1-3-14(15,4-2)9-16-13(19)11-8-10(17-18-11)12-6-5-7-20-12;/h5-8H,3-4,9,15H2,1-2H3,(H,16,19)(H,17,18);1H. The molecule has 0 aliphatic heterocycles. The number of thiophene rings is 1. The smallest absolute Gasteiger partial charge is 0.271 e. The number of H-pyrrole nitrogens is 1. The van der Waals surface area contributed by atoms with Gasteiger partial charge in [0.05, 0.1) is 10.6 Å². The van der Waals surface area contributed by atoms with Crippen LogP contribution in [0.15, 0.2) is 23.6 Å². The topological polar surface area (TPSA) is 83.8 Å². The van der Waals surface area contributed by atoms with Crippen molar-refractivity contribution in [1.82, 2.24) is 15.5 Å². The van der Waals surface area contributed by atoms with Crippen molar-refractivity contribution in [2.75, 3.05) is 6.54 Å². The van der Waals surface area contributed by atoms with Gasteiger partial charge in [0.2, 0.25) is 0 Å². The molecule has 116 valence electrons. The monoisotopic (exact) mass is 328 g/mol. The van der Waals surface area contributed by atoms with Crippen LogP contribution in [0.2, 0.25) is 0 Å². The van der Waals surface area contributed by atoms with E-state index in [-0.39, 0.29) is 23.9 Å². The number of nitrogens with two attached hydrogens (primary N) is 1. The summed E-state index contributed by atoms with van der Waals surface area (Å²) in [7, 11) is 0. The second kappa shape index (κ2) is 7.59. The first-order valence-corrected chi connectivity index (χ1v) is 7.62. The van der Waals surface area contributed by atoms with Crippen molar-refractivity contribution in [2.45, 2.75) is 32.2 Å². The molecule has 4 N–H and O–H groups in total. The molecule has 0 aliphatic carbocycles. The zero-order chi connectivity index (χ0) is 14.6. The predicted molar refractivity (Wildman–Crippen MR) is 89.0 cm³/mol. The quantitative estimate of drug-likeness (QED) is 0.762. The molecule has 5 nitrogen and oxygen atoms in total. The van der Waals surface area contributed by atoms with E-state index >= 15 is 0 Å². The fraction of sp³-hybridized carbons (Fsp3) is 0.429. The molecule has 0 spiro atoms. The molecule has 0 atom stereocenters. The summed E-state index contributed by atoms with van der Waals surface area (Å²) in [6.45, 7) is 4.51. The highest BCUT2D eigenvalue weighted by molar-refractivity contribution is 7.13.